The largest absolute Gasteiger partial charge is 0.497 e. The normalized spacial score (nSPS) is 11.7. The highest BCUT2D eigenvalue weighted by molar-refractivity contribution is 5.90. The van der Waals surface area contributed by atoms with Crippen molar-refractivity contribution in [1.82, 2.24) is 9.78 Å². The molecular formula is C28H29N3O2. The molecule has 0 N–H and O–H groups in total. The fourth-order valence-electron chi connectivity index (χ4n) is 3.56. The molecule has 0 aliphatic carbocycles. The van der Waals surface area contributed by atoms with Gasteiger partial charge in [0.2, 0.25) is 0 Å². The van der Waals surface area contributed by atoms with Gasteiger partial charge < -0.3 is 9.47 Å². The number of benzene rings is 3. The van der Waals surface area contributed by atoms with E-state index in [1.165, 1.54) is 5.56 Å². The lowest BCUT2D eigenvalue weighted by Crippen LogP contribution is -2.10. The highest BCUT2D eigenvalue weighted by atomic mass is 16.5. The predicted octanol–water partition coefficient (Wildman–Crippen LogP) is 6.60. The van der Waals surface area contributed by atoms with E-state index in [2.05, 4.69) is 32.9 Å². The van der Waals surface area contributed by atoms with E-state index in [0.717, 1.165) is 39.7 Å². The van der Waals surface area contributed by atoms with Crippen LogP contribution in [0.3, 0.4) is 0 Å². The van der Waals surface area contributed by atoms with Gasteiger partial charge in [-0.25, -0.2) is 4.68 Å². The number of hydrogen-bond donors (Lipinski definition) is 0. The first kappa shape index (κ1) is 22.3. The van der Waals surface area contributed by atoms with Crippen LogP contribution in [0.2, 0.25) is 0 Å². The molecule has 0 fully saturated rings. The van der Waals surface area contributed by atoms with Crippen LogP contribution in [0.4, 0.5) is 5.69 Å². The van der Waals surface area contributed by atoms with Crippen molar-refractivity contribution in [3.63, 3.8) is 0 Å². The Labute approximate surface area is 195 Å². The van der Waals surface area contributed by atoms with Gasteiger partial charge in [-0.15, -0.1) is 0 Å². The molecule has 1 heterocycles. The molecule has 0 saturated heterocycles. The summed E-state index contributed by atoms with van der Waals surface area (Å²) in [6, 6.07) is 24.1. The predicted molar refractivity (Wildman–Crippen MR) is 134 cm³/mol. The van der Waals surface area contributed by atoms with Gasteiger partial charge in [-0.3, -0.25) is 4.99 Å². The maximum Gasteiger partial charge on any atom is 0.144 e. The number of aliphatic imine (C=N–C) groups is 1. The summed E-state index contributed by atoms with van der Waals surface area (Å²) >= 11 is 0. The van der Waals surface area contributed by atoms with E-state index in [1.54, 1.807) is 14.2 Å². The van der Waals surface area contributed by atoms with Crippen LogP contribution >= 0.6 is 0 Å². The topological polar surface area (TPSA) is 48.6 Å². The van der Waals surface area contributed by atoms with Crippen molar-refractivity contribution in [1.29, 1.82) is 0 Å². The molecule has 3 aromatic carbocycles. The number of hydrogen-bond acceptors (Lipinski definition) is 4. The Hall–Kier alpha value is -3.86. The van der Waals surface area contributed by atoms with Gasteiger partial charge in [0.05, 0.1) is 19.9 Å². The van der Waals surface area contributed by atoms with Gasteiger partial charge >= 0.3 is 0 Å². The summed E-state index contributed by atoms with van der Waals surface area (Å²) in [6.07, 6.45) is 3.86. The van der Waals surface area contributed by atoms with Crippen molar-refractivity contribution in [2.24, 2.45) is 4.99 Å². The maximum absolute atomic E-state index is 5.57. The first-order valence-corrected chi connectivity index (χ1v) is 10.9. The second-order valence-electron chi connectivity index (χ2n) is 8.84. The summed E-state index contributed by atoms with van der Waals surface area (Å²) in [5, 5.41) is 4.87. The Morgan fingerprint density at radius 1 is 0.879 bits per heavy atom. The van der Waals surface area contributed by atoms with Crippen molar-refractivity contribution >= 4 is 11.9 Å². The number of rotatable bonds is 6. The van der Waals surface area contributed by atoms with Gasteiger partial charge in [-0.05, 0) is 59.5 Å². The third kappa shape index (κ3) is 4.98. The quantitative estimate of drug-likeness (QED) is 0.318. The monoisotopic (exact) mass is 439 g/mol. The molecule has 0 aliphatic rings. The molecule has 5 nitrogen and oxygen atoms in total. The van der Waals surface area contributed by atoms with Crippen LogP contribution in [0, 0.1) is 0 Å². The molecule has 0 unspecified atom stereocenters. The second-order valence-corrected chi connectivity index (χ2v) is 8.84. The van der Waals surface area contributed by atoms with Crippen LogP contribution in [-0.2, 0) is 5.41 Å². The zero-order valence-electron chi connectivity index (χ0n) is 19.7. The number of ether oxygens (including phenoxy) is 2. The van der Waals surface area contributed by atoms with Gasteiger partial charge in [-0.1, -0.05) is 45.0 Å². The van der Waals surface area contributed by atoms with E-state index >= 15 is 0 Å². The average molecular weight is 440 g/mol. The molecule has 0 amide bonds. The summed E-state index contributed by atoms with van der Waals surface area (Å²) in [6.45, 7) is 6.57. The highest BCUT2D eigenvalue weighted by Gasteiger charge is 2.16. The van der Waals surface area contributed by atoms with Crippen LogP contribution in [0.25, 0.3) is 16.9 Å². The Morgan fingerprint density at radius 3 is 2.24 bits per heavy atom. The molecular weight excluding hydrogens is 410 g/mol. The summed E-state index contributed by atoms with van der Waals surface area (Å²) in [5.41, 5.74) is 5.73. The number of methoxy groups -OCH3 is 2. The van der Waals surface area contributed by atoms with Crippen LogP contribution in [0.5, 0.6) is 11.5 Å². The van der Waals surface area contributed by atoms with E-state index in [9.17, 15) is 0 Å². The molecule has 4 rings (SSSR count). The summed E-state index contributed by atoms with van der Waals surface area (Å²) in [5.74, 6) is 1.54. The van der Waals surface area contributed by atoms with Crippen LogP contribution in [0.15, 0.2) is 84.0 Å². The number of para-hydroxylation sites is 1. The zero-order chi connectivity index (χ0) is 23.4. The molecule has 4 aromatic rings. The van der Waals surface area contributed by atoms with Crippen molar-refractivity contribution in [3.8, 4) is 28.4 Å². The Bertz CT molecular complexity index is 1250. The van der Waals surface area contributed by atoms with Gasteiger partial charge in [0, 0.05) is 23.5 Å². The third-order valence-electron chi connectivity index (χ3n) is 5.51. The Kier molecular flexibility index (Phi) is 6.31. The third-order valence-corrected chi connectivity index (χ3v) is 5.51. The molecule has 0 atom stereocenters. The van der Waals surface area contributed by atoms with Gasteiger partial charge in [0.1, 0.15) is 22.9 Å². The average Bonchev–Trinajstić information content (AvgIpc) is 3.27. The smallest absolute Gasteiger partial charge is 0.144 e. The fourth-order valence-corrected chi connectivity index (χ4v) is 3.56. The standard InChI is InChI=1S/C28H29N3O2/c1-28(2,3)22-13-16-26(33-5)25(17-22)29-18-21-19-31(23-9-7-6-8-10-23)30-27(21)20-11-14-24(32-4)15-12-20/h6-19H,1-5H3. The van der Waals surface area contributed by atoms with Crippen molar-refractivity contribution in [2.75, 3.05) is 14.2 Å². The highest BCUT2D eigenvalue weighted by Crippen LogP contribution is 2.34. The lowest BCUT2D eigenvalue weighted by molar-refractivity contribution is 0.415. The van der Waals surface area contributed by atoms with Crippen LogP contribution < -0.4 is 9.47 Å². The minimum Gasteiger partial charge on any atom is -0.497 e. The van der Waals surface area contributed by atoms with E-state index in [4.69, 9.17) is 19.6 Å². The minimum atomic E-state index is 0.0169. The maximum atomic E-state index is 5.57. The van der Waals surface area contributed by atoms with Gasteiger partial charge in [-0.2, -0.15) is 5.10 Å². The Balaban J connectivity index is 1.79. The molecule has 33 heavy (non-hydrogen) atoms. The molecule has 0 spiro atoms. The zero-order valence-corrected chi connectivity index (χ0v) is 19.7. The van der Waals surface area contributed by atoms with Gasteiger partial charge in [0.25, 0.3) is 0 Å². The van der Waals surface area contributed by atoms with E-state index in [-0.39, 0.29) is 5.41 Å². The fraction of sp³-hybridized carbons (Fsp3) is 0.214. The second kappa shape index (κ2) is 9.33. The molecule has 0 saturated carbocycles. The number of nitrogens with zero attached hydrogens (tertiary/aromatic N) is 3. The van der Waals surface area contributed by atoms with Crippen molar-refractivity contribution in [3.05, 3.63) is 90.1 Å². The molecule has 5 heteroatoms. The lowest BCUT2D eigenvalue weighted by atomic mass is 9.87. The molecule has 0 radical (unpaired) electrons. The number of aromatic nitrogens is 2. The Morgan fingerprint density at radius 2 is 1.61 bits per heavy atom. The molecule has 0 bridgehead atoms. The van der Waals surface area contributed by atoms with Crippen LogP contribution in [-0.4, -0.2) is 30.2 Å². The lowest BCUT2D eigenvalue weighted by Gasteiger charge is -2.20. The van der Waals surface area contributed by atoms with Crippen molar-refractivity contribution in [2.45, 2.75) is 26.2 Å². The summed E-state index contributed by atoms with van der Waals surface area (Å²) in [4.78, 5) is 4.82. The van der Waals surface area contributed by atoms with Crippen molar-refractivity contribution < 1.29 is 9.47 Å². The molecule has 0 aliphatic heterocycles. The molecule has 168 valence electrons. The van der Waals surface area contributed by atoms with E-state index < -0.39 is 0 Å². The SMILES string of the molecule is COc1ccc(-c2nn(-c3ccccc3)cc2C=Nc2cc(C(C)(C)C)ccc2OC)cc1. The van der Waals surface area contributed by atoms with E-state index in [0.29, 0.717) is 0 Å². The first-order chi connectivity index (χ1) is 15.9. The van der Waals surface area contributed by atoms with Gasteiger partial charge in [0.15, 0.2) is 0 Å². The summed E-state index contributed by atoms with van der Waals surface area (Å²) < 4.78 is 12.8. The minimum absolute atomic E-state index is 0.0169. The van der Waals surface area contributed by atoms with E-state index in [1.807, 2.05) is 77.8 Å². The first-order valence-electron chi connectivity index (χ1n) is 10.9. The molecule has 1 aromatic heterocycles. The van der Waals surface area contributed by atoms with Crippen LogP contribution in [0.1, 0.15) is 31.9 Å². The summed E-state index contributed by atoms with van der Waals surface area (Å²) in [7, 11) is 3.33.